The first-order chi connectivity index (χ1) is 22.0. The second kappa shape index (κ2) is 14.3. The Bertz CT molecular complexity index is 1330. The lowest BCUT2D eigenvalue weighted by Crippen LogP contribution is -2.73. The molecule has 5 rings (SSSR count). The summed E-state index contributed by atoms with van der Waals surface area (Å²) >= 11 is 0. The van der Waals surface area contributed by atoms with Gasteiger partial charge in [0.05, 0.1) is 6.61 Å². The summed E-state index contributed by atoms with van der Waals surface area (Å²) in [7, 11) is 1.72. The van der Waals surface area contributed by atoms with Crippen molar-refractivity contribution in [3.8, 4) is 0 Å². The van der Waals surface area contributed by atoms with Crippen molar-refractivity contribution in [2.24, 2.45) is 0 Å². The van der Waals surface area contributed by atoms with Gasteiger partial charge in [-0.25, -0.2) is 4.89 Å². The molecule has 0 N–H and O–H groups in total. The summed E-state index contributed by atoms with van der Waals surface area (Å²) in [6.07, 6.45) is -3.44. The van der Waals surface area contributed by atoms with E-state index in [0.717, 1.165) is 15.9 Å². The van der Waals surface area contributed by atoms with E-state index in [1.807, 2.05) is 66.7 Å². The van der Waals surface area contributed by atoms with Crippen molar-refractivity contribution in [2.75, 3.05) is 27.9 Å². The van der Waals surface area contributed by atoms with Gasteiger partial charge < -0.3 is 33.2 Å². The van der Waals surface area contributed by atoms with Crippen LogP contribution in [-0.4, -0.2) is 78.5 Å². The summed E-state index contributed by atoms with van der Waals surface area (Å²) in [6.45, 7) is 10.5. The highest BCUT2D eigenvalue weighted by molar-refractivity contribution is 6.99. The molecule has 2 fully saturated rings. The summed E-state index contributed by atoms with van der Waals surface area (Å²) in [5.41, 5.74) is 1.01. The highest BCUT2D eigenvalue weighted by Crippen LogP contribution is 2.45. The molecule has 0 aromatic heterocycles. The molecule has 2 heterocycles. The molecule has 3 aromatic carbocycles. The van der Waals surface area contributed by atoms with E-state index in [1.165, 1.54) is 0 Å². The van der Waals surface area contributed by atoms with Gasteiger partial charge in [-0.3, -0.25) is 4.58 Å². The lowest BCUT2D eigenvalue weighted by molar-refractivity contribution is -0.483. The third kappa shape index (κ3) is 6.61. The third-order valence-electron chi connectivity index (χ3n) is 9.27. The maximum atomic E-state index is 6.72. The molecule has 2 aliphatic heterocycles. The number of hydrogen-bond donors (Lipinski definition) is 0. The molecule has 0 saturated carbocycles. The van der Waals surface area contributed by atoms with E-state index in [4.69, 9.17) is 42.6 Å². The average molecular weight is 653 g/mol. The maximum absolute atomic E-state index is 6.72. The van der Waals surface area contributed by atoms with Gasteiger partial charge in [0.15, 0.2) is 6.29 Å². The largest absolute Gasteiger partial charge is 0.365 e. The zero-order chi connectivity index (χ0) is 33.0. The molecule has 0 radical (unpaired) electrons. The van der Waals surface area contributed by atoms with Crippen molar-refractivity contribution >= 4 is 18.7 Å². The molecule has 0 unspecified atom stereocenters. The molecule has 0 amide bonds. The fourth-order valence-corrected chi connectivity index (χ4v) is 10.5. The SMILES string of the molecule is CO[C@@H]1O[C@H](COO[Si](c2ccccc2)(c2ccccc2)C(C)(C)C)[C@H]2O[C@](C)(OC)[C@@](C)(OC)O[C@@H]2[C@@H]1OCc1ccccc1. The summed E-state index contributed by atoms with van der Waals surface area (Å²) in [4.78, 5) is 6.29. The quantitative estimate of drug-likeness (QED) is 0.153. The van der Waals surface area contributed by atoms with Gasteiger partial charge in [-0.15, -0.1) is 0 Å². The van der Waals surface area contributed by atoms with Crippen LogP contribution in [0.15, 0.2) is 91.0 Å². The Morgan fingerprint density at radius 3 is 1.70 bits per heavy atom. The van der Waals surface area contributed by atoms with Gasteiger partial charge in [0.25, 0.3) is 0 Å². The molecule has 3 aromatic rings. The molecule has 10 heteroatoms. The van der Waals surface area contributed by atoms with Gasteiger partial charge in [0.1, 0.15) is 31.0 Å². The van der Waals surface area contributed by atoms with Crippen molar-refractivity contribution in [1.82, 2.24) is 0 Å². The molecular weight excluding hydrogens is 604 g/mol. The molecule has 9 nitrogen and oxygen atoms in total. The molecule has 250 valence electrons. The average Bonchev–Trinajstić information content (AvgIpc) is 3.07. The van der Waals surface area contributed by atoms with Crippen LogP contribution < -0.4 is 10.4 Å². The molecule has 0 aliphatic carbocycles. The van der Waals surface area contributed by atoms with Gasteiger partial charge in [0.2, 0.25) is 11.6 Å². The van der Waals surface area contributed by atoms with Crippen LogP contribution in [0.3, 0.4) is 0 Å². The van der Waals surface area contributed by atoms with Crippen molar-refractivity contribution < 1.29 is 42.6 Å². The fourth-order valence-electron chi connectivity index (χ4n) is 6.41. The number of ether oxygens (including phenoxy) is 7. The minimum atomic E-state index is -2.98. The van der Waals surface area contributed by atoms with E-state index >= 15 is 0 Å². The standard InChI is InChI=1S/C36H48O9Si/c1-34(2,3)46(27-20-14-10-15-21-27,28-22-16-11-17-23-28)45-41-25-29-30-31(44-36(5,39-8)35(4,38-7)43-30)32(33(37-6)42-29)40-24-26-18-12-9-13-19-26/h9-23,29-33H,24-25H2,1-8H3/t29-,30-,31+,32+,33-,35+,36+/m1/s1. The van der Waals surface area contributed by atoms with Crippen molar-refractivity contribution in [3.63, 3.8) is 0 Å². The smallest absolute Gasteiger partial charge is 0.305 e. The summed E-state index contributed by atoms with van der Waals surface area (Å²) in [6, 6.07) is 30.5. The number of benzene rings is 3. The summed E-state index contributed by atoms with van der Waals surface area (Å²) < 4.78 is 50.6. The Labute approximate surface area is 274 Å². The Hall–Kier alpha value is -2.48. The molecule has 2 saturated heterocycles. The van der Waals surface area contributed by atoms with Crippen LogP contribution in [0.25, 0.3) is 0 Å². The summed E-state index contributed by atoms with van der Waals surface area (Å²) in [5, 5.41) is 1.91. The number of fused-ring (bicyclic) bond motifs is 1. The molecular formula is C36H48O9Si. The first-order valence-corrected chi connectivity index (χ1v) is 17.6. The van der Waals surface area contributed by atoms with E-state index in [0.29, 0.717) is 6.61 Å². The molecule has 7 atom stereocenters. The van der Waals surface area contributed by atoms with E-state index < -0.39 is 50.6 Å². The van der Waals surface area contributed by atoms with Gasteiger partial charge in [-0.1, -0.05) is 112 Å². The van der Waals surface area contributed by atoms with Gasteiger partial charge >= 0.3 is 8.32 Å². The maximum Gasteiger partial charge on any atom is 0.305 e. The van der Waals surface area contributed by atoms with Crippen LogP contribution in [0.2, 0.25) is 5.04 Å². The number of methoxy groups -OCH3 is 3. The highest BCUT2D eigenvalue weighted by Gasteiger charge is 2.63. The van der Waals surface area contributed by atoms with Crippen molar-refractivity contribution in [2.45, 2.75) is 88.5 Å². The first-order valence-electron chi connectivity index (χ1n) is 15.7. The van der Waals surface area contributed by atoms with E-state index in [2.05, 4.69) is 45.0 Å². The lowest BCUT2D eigenvalue weighted by Gasteiger charge is -2.57. The second-order valence-electron chi connectivity index (χ2n) is 13.0. The zero-order valence-electron chi connectivity index (χ0n) is 28.1. The monoisotopic (exact) mass is 652 g/mol. The second-order valence-corrected chi connectivity index (χ2v) is 17.2. The number of hydrogen-bond acceptors (Lipinski definition) is 9. The van der Waals surface area contributed by atoms with Gasteiger partial charge in [0, 0.05) is 21.3 Å². The Morgan fingerprint density at radius 1 is 0.717 bits per heavy atom. The van der Waals surface area contributed by atoms with Crippen LogP contribution in [0.1, 0.15) is 40.2 Å². The minimum Gasteiger partial charge on any atom is -0.365 e. The van der Waals surface area contributed by atoms with E-state index in [-0.39, 0.29) is 11.6 Å². The lowest BCUT2D eigenvalue weighted by atomic mass is 9.94. The van der Waals surface area contributed by atoms with Crippen molar-refractivity contribution in [3.05, 3.63) is 96.6 Å². The Morgan fingerprint density at radius 2 is 1.22 bits per heavy atom. The van der Waals surface area contributed by atoms with Gasteiger partial charge in [-0.2, -0.15) is 0 Å². The van der Waals surface area contributed by atoms with Crippen LogP contribution in [0, 0.1) is 0 Å². The van der Waals surface area contributed by atoms with E-state index in [9.17, 15) is 0 Å². The van der Waals surface area contributed by atoms with Crippen LogP contribution in [0.5, 0.6) is 0 Å². The van der Waals surface area contributed by atoms with Gasteiger partial charge in [-0.05, 0) is 34.8 Å². The van der Waals surface area contributed by atoms with Crippen molar-refractivity contribution in [1.29, 1.82) is 0 Å². The van der Waals surface area contributed by atoms with Crippen LogP contribution in [0.4, 0.5) is 0 Å². The molecule has 46 heavy (non-hydrogen) atoms. The zero-order valence-corrected chi connectivity index (χ0v) is 29.1. The van der Waals surface area contributed by atoms with Crippen LogP contribution >= 0.6 is 0 Å². The predicted octanol–water partition coefficient (Wildman–Crippen LogP) is 4.96. The first kappa shape index (κ1) is 34.8. The van der Waals surface area contributed by atoms with E-state index in [1.54, 1.807) is 35.2 Å². The molecule has 2 aliphatic rings. The predicted molar refractivity (Wildman–Crippen MR) is 176 cm³/mol. The fraction of sp³-hybridized carbons (Fsp3) is 0.500. The third-order valence-corrected chi connectivity index (χ3v) is 14.0. The summed E-state index contributed by atoms with van der Waals surface area (Å²) in [5.74, 6) is -2.53. The topological polar surface area (TPSA) is 83.1 Å². The van der Waals surface area contributed by atoms with Crippen LogP contribution in [-0.2, 0) is 49.2 Å². The normalized spacial score (nSPS) is 30.1. The Kier molecular flexibility index (Phi) is 10.9. The minimum absolute atomic E-state index is 0.0315. The molecule has 0 bridgehead atoms. The Balaban J connectivity index is 1.45. The molecule has 0 spiro atoms. The number of rotatable bonds is 12. The highest BCUT2D eigenvalue weighted by atomic mass is 28.4.